The van der Waals surface area contributed by atoms with Crippen molar-refractivity contribution in [1.29, 1.82) is 0 Å². The number of hydrazine groups is 1. The molecule has 1 aromatic heterocycles. The molecule has 0 spiro atoms. The molecule has 1 amide bonds. The second kappa shape index (κ2) is 7.36. The van der Waals surface area contributed by atoms with E-state index in [1.807, 2.05) is 24.3 Å². The molecule has 0 fully saturated rings. The summed E-state index contributed by atoms with van der Waals surface area (Å²) in [7, 11) is 0. The Morgan fingerprint density at radius 3 is 2.90 bits per heavy atom. The molecule has 0 bridgehead atoms. The van der Waals surface area contributed by atoms with E-state index < -0.39 is 0 Å². The Labute approximate surface area is 123 Å². The van der Waals surface area contributed by atoms with Gasteiger partial charge in [0.2, 0.25) is 0 Å². The highest BCUT2D eigenvalue weighted by molar-refractivity contribution is 7.98. The summed E-state index contributed by atoms with van der Waals surface area (Å²) in [6.07, 6.45) is 3.65. The molecule has 0 aliphatic carbocycles. The maximum atomic E-state index is 11.9. The number of amides is 1. The maximum absolute atomic E-state index is 11.9. The van der Waals surface area contributed by atoms with E-state index in [9.17, 15) is 4.79 Å². The number of hydrogen-bond donors (Lipinski definition) is 2. The summed E-state index contributed by atoms with van der Waals surface area (Å²) in [5.74, 6) is 7.45. The van der Waals surface area contributed by atoms with Gasteiger partial charge in [-0.1, -0.05) is 38.0 Å². The van der Waals surface area contributed by atoms with Crippen molar-refractivity contribution in [1.82, 2.24) is 5.43 Å². The molecule has 0 aliphatic rings. The van der Waals surface area contributed by atoms with Gasteiger partial charge in [-0.25, -0.2) is 5.84 Å². The number of nitrogens with two attached hydrogens (primary N) is 1. The number of benzene rings is 1. The molecule has 2 aromatic rings. The summed E-state index contributed by atoms with van der Waals surface area (Å²) < 4.78 is 5.79. The molecular weight excluding hydrogens is 272 g/mol. The molecule has 3 N–H and O–H groups in total. The molecule has 4 nitrogen and oxygen atoms in total. The van der Waals surface area contributed by atoms with Crippen LogP contribution in [0.5, 0.6) is 0 Å². The Morgan fingerprint density at radius 1 is 1.35 bits per heavy atom. The first-order valence-electron chi connectivity index (χ1n) is 6.87. The molecular formula is C15H20N2O2S. The molecule has 1 aromatic carbocycles. The Morgan fingerprint density at radius 2 is 2.15 bits per heavy atom. The second-order valence-electron chi connectivity index (χ2n) is 4.63. The number of nitrogen functional groups attached to an aromatic ring is 1. The summed E-state index contributed by atoms with van der Waals surface area (Å²) in [5.41, 5.74) is 3.50. The highest BCUT2D eigenvalue weighted by Crippen LogP contribution is 2.28. The first-order valence-corrected chi connectivity index (χ1v) is 8.02. The SMILES string of the molecule is CCCCCSCc1oc2ccccc2c1C(=O)NN. The van der Waals surface area contributed by atoms with Crippen LogP contribution in [0.3, 0.4) is 0 Å². The van der Waals surface area contributed by atoms with Crippen LogP contribution in [-0.4, -0.2) is 11.7 Å². The van der Waals surface area contributed by atoms with E-state index in [-0.39, 0.29) is 5.91 Å². The third-order valence-corrected chi connectivity index (χ3v) is 4.20. The Bertz CT molecular complexity index is 580. The fraction of sp³-hybridized carbons (Fsp3) is 0.400. The topological polar surface area (TPSA) is 68.3 Å². The number of rotatable bonds is 7. The number of carbonyl (C=O) groups excluding carboxylic acids is 1. The third kappa shape index (κ3) is 3.35. The van der Waals surface area contributed by atoms with Crippen molar-refractivity contribution in [3.05, 3.63) is 35.6 Å². The summed E-state index contributed by atoms with van der Waals surface area (Å²) in [5, 5.41) is 0.819. The summed E-state index contributed by atoms with van der Waals surface area (Å²) >= 11 is 1.79. The van der Waals surface area contributed by atoms with Crippen LogP contribution >= 0.6 is 11.8 Å². The van der Waals surface area contributed by atoms with Gasteiger partial charge in [-0.2, -0.15) is 11.8 Å². The van der Waals surface area contributed by atoms with Gasteiger partial charge in [0.25, 0.3) is 5.91 Å². The minimum absolute atomic E-state index is 0.292. The smallest absolute Gasteiger partial charge is 0.269 e. The van der Waals surface area contributed by atoms with E-state index in [1.165, 1.54) is 19.3 Å². The minimum atomic E-state index is -0.292. The zero-order chi connectivity index (χ0) is 14.4. The van der Waals surface area contributed by atoms with Gasteiger partial charge in [-0.3, -0.25) is 10.2 Å². The highest BCUT2D eigenvalue weighted by Gasteiger charge is 2.19. The summed E-state index contributed by atoms with van der Waals surface area (Å²) in [6, 6.07) is 7.54. The van der Waals surface area contributed by atoms with Crippen molar-refractivity contribution in [2.75, 3.05) is 5.75 Å². The zero-order valence-electron chi connectivity index (χ0n) is 11.6. The summed E-state index contributed by atoms with van der Waals surface area (Å²) in [4.78, 5) is 11.9. The molecule has 2 rings (SSSR count). The average Bonchev–Trinajstić information content (AvgIpc) is 2.84. The summed E-state index contributed by atoms with van der Waals surface area (Å²) in [6.45, 7) is 2.19. The number of para-hydroxylation sites is 1. The van der Waals surface area contributed by atoms with Gasteiger partial charge in [-0.15, -0.1) is 0 Å². The van der Waals surface area contributed by atoms with Crippen LogP contribution < -0.4 is 11.3 Å². The molecule has 0 saturated heterocycles. The highest BCUT2D eigenvalue weighted by atomic mass is 32.2. The molecule has 0 radical (unpaired) electrons. The maximum Gasteiger partial charge on any atom is 0.269 e. The van der Waals surface area contributed by atoms with Crippen molar-refractivity contribution in [2.45, 2.75) is 31.9 Å². The van der Waals surface area contributed by atoms with Crippen molar-refractivity contribution in [2.24, 2.45) is 5.84 Å². The van der Waals surface area contributed by atoms with Crippen LogP contribution in [0.1, 0.15) is 42.3 Å². The number of thioether (sulfide) groups is 1. The van der Waals surface area contributed by atoms with E-state index >= 15 is 0 Å². The van der Waals surface area contributed by atoms with Crippen molar-refractivity contribution in [3.63, 3.8) is 0 Å². The van der Waals surface area contributed by atoms with Crippen LogP contribution in [0, 0.1) is 0 Å². The van der Waals surface area contributed by atoms with Crippen LogP contribution in [0.2, 0.25) is 0 Å². The van der Waals surface area contributed by atoms with Gasteiger partial charge in [0.15, 0.2) is 0 Å². The van der Waals surface area contributed by atoms with Crippen LogP contribution in [-0.2, 0) is 5.75 Å². The normalized spacial score (nSPS) is 10.9. The number of unbranched alkanes of at least 4 members (excludes halogenated alkanes) is 2. The monoisotopic (exact) mass is 292 g/mol. The van der Waals surface area contributed by atoms with Crippen LogP contribution in [0.15, 0.2) is 28.7 Å². The van der Waals surface area contributed by atoms with Crippen LogP contribution in [0.25, 0.3) is 11.0 Å². The third-order valence-electron chi connectivity index (χ3n) is 3.15. The van der Waals surface area contributed by atoms with Gasteiger partial charge in [-0.05, 0) is 18.2 Å². The standard InChI is InChI=1S/C15H20N2O2S/c1-2-3-6-9-20-10-13-14(15(18)17-16)11-7-4-5-8-12(11)19-13/h4-5,7-8H,2-3,6,9-10,16H2,1H3,(H,17,18). The molecule has 5 heteroatoms. The van der Waals surface area contributed by atoms with Crippen molar-refractivity contribution in [3.8, 4) is 0 Å². The van der Waals surface area contributed by atoms with Gasteiger partial charge in [0.05, 0.1) is 11.3 Å². The van der Waals surface area contributed by atoms with E-state index in [1.54, 1.807) is 11.8 Å². The number of carbonyl (C=O) groups is 1. The largest absolute Gasteiger partial charge is 0.459 e. The minimum Gasteiger partial charge on any atom is -0.459 e. The fourth-order valence-electron chi connectivity index (χ4n) is 2.14. The predicted molar refractivity (Wildman–Crippen MR) is 83.6 cm³/mol. The van der Waals surface area contributed by atoms with E-state index in [4.69, 9.17) is 10.3 Å². The lowest BCUT2D eigenvalue weighted by Crippen LogP contribution is -2.30. The molecule has 0 aliphatic heterocycles. The second-order valence-corrected chi connectivity index (χ2v) is 5.73. The number of fused-ring (bicyclic) bond motifs is 1. The van der Waals surface area contributed by atoms with Gasteiger partial charge in [0, 0.05) is 5.39 Å². The zero-order valence-corrected chi connectivity index (χ0v) is 12.5. The molecule has 0 atom stereocenters. The molecule has 108 valence electrons. The van der Waals surface area contributed by atoms with E-state index in [0.29, 0.717) is 17.1 Å². The lowest BCUT2D eigenvalue weighted by molar-refractivity contribution is 0.0953. The van der Waals surface area contributed by atoms with Crippen molar-refractivity contribution < 1.29 is 9.21 Å². The van der Waals surface area contributed by atoms with Gasteiger partial charge >= 0.3 is 0 Å². The Balaban J connectivity index is 2.16. The number of hydrogen-bond acceptors (Lipinski definition) is 4. The Hall–Kier alpha value is -1.46. The number of nitrogens with one attached hydrogen (secondary N) is 1. The molecule has 0 saturated carbocycles. The molecule has 20 heavy (non-hydrogen) atoms. The first-order chi connectivity index (χ1) is 9.77. The van der Waals surface area contributed by atoms with Gasteiger partial charge < -0.3 is 4.42 Å². The fourth-order valence-corrected chi connectivity index (χ4v) is 3.08. The van der Waals surface area contributed by atoms with Crippen LogP contribution in [0.4, 0.5) is 0 Å². The first kappa shape index (κ1) is 14.9. The lowest BCUT2D eigenvalue weighted by Gasteiger charge is -2.02. The van der Waals surface area contributed by atoms with E-state index in [2.05, 4.69) is 12.3 Å². The number of furan rings is 1. The van der Waals surface area contributed by atoms with Crippen molar-refractivity contribution >= 4 is 28.6 Å². The lowest BCUT2D eigenvalue weighted by atomic mass is 10.1. The quantitative estimate of drug-likeness (QED) is 0.355. The predicted octanol–water partition coefficient (Wildman–Crippen LogP) is 3.46. The Kier molecular flexibility index (Phi) is 5.49. The molecule has 1 heterocycles. The average molecular weight is 292 g/mol. The van der Waals surface area contributed by atoms with Gasteiger partial charge in [0.1, 0.15) is 11.3 Å². The van der Waals surface area contributed by atoms with E-state index in [0.717, 1.165) is 16.7 Å². The molecule has 0 unspecified atom stereocenters.